The van der Waals surface area contributed by atoms with Crippen LogP contribution in [0.3, 0.4) is 0 Å². The number of methoxy groups -OCH3 is 1. The molecule has 0 saturated heterocycles. The maximum absolute atomic E-state index is 9.54. The van der Waals surface area contributed by atoms with Crippen LogP contribution in [0.25, 0.3) is 0 Å². The van der Waals surface area contributed by atoms with Gasteiger partial charge in [-0.25, -0.2) is 0 Å². The molecule has 1 aliphatic rings. The molecular weight excluding hydrogens is 156 g/mol. The lowest BCUT2D eigenvalue weighted by atomic mass is 10.0. The van der Waals surface area contributed by atoms with Crippen molar-refractivity contribution in [1.29, 1.82) is 0 Å². The van der Waals surface area contributed by atoms with Crippen molar-refractivity contribution in [3.63, 3.8) is 0 Å². The maximum atomic E-state index is 9.54. The largest absolute Gasteiger partial charge is 0.469 e. The third-order valence-electron chi connectivity index (χ3n) is 2.17. The van der Waals surface area contributed by atoms with E-state index >= 15 is 0 Å². The number of aliphatic hydroxyl groups excluding tert-OH is 1. The summed E-state index contributed by atoms with van der Waals surface area (Å²) in [6, 6.07) is 0. The molecule has 0 spiro atoms. The summed E-state index contributed by atoms with van der Waals surface area (Å²) in [7, 11) is 1.59. The summed E-state index contributed by atoms with van der Waals surface area (Å²) in [5.74, 6) is 0.817. The quantitative estimate of drug-likeness (QED) is 0.682. The van der Waals surface area contributed by atoms with Crippen LogP contribution in [0.2, 0.25) is 0 Å². The molecule has 0 fully saturated rings. The number of allylic oxidation sites excluding steroid dienone is 1. The molecule has 70 valence electrons. The van der Waals surface area contributed by atoms with Gasteiger partial charge in [-0.15, -0.1) is 0 Å². The molecule has 3 unspecified atom stereocenters. The topological polar surface area (TPSA) is 38.7 Å². The van der Waals surface area contributed by atoms with E-state index in [1.165, 1.54) is 0 Å². The summed E-state index contributed by atoms with van der Waals surface area (Å²) in [6.07, 6.45) is 1.79. The smallest absolute Gasteiger partial charge is 0.204 e. The van der Waals surface area contributed by atoms with Crippen molar-refractivity contribution in [3.05, 3.63) is 11.8 Å². The van der Waals surface area contributed by atoms with E-state index in [0.717, 1.165) is 12.2 Å². The van der Waals surface area contributed by atoms with E-state index in [4.69, 9.17) is 9.47 Å². The van der Waals surface area contributed by atoms with Crippen molar-refractivity contribution in [2.24, 2.45) is 5.92 Å². The van der Waals surface area contributed by atoms with E-state index in [9.17, 15) is 5.11 Å². The molecule has 1 heterocycles. The summed E-state index contributed by atoms with van der Waals surface area (Å²) in [5.41, 5.74) is 0. The van der Waals surface area contributed by atoms with Crippen molar-refractivity contribution in [2.75, 3.05) is 7.11 Å². The molecule has 0 amide bonds. The maximum Gasteiger partial charge on any atom is 0.204 e. The molecule has 0 aliphatic carbocycles. The zero-order valence-corrected chi connectivity index (χ0v) is 7.78. The molecule has 0 bridgehead atoms. The van der Waals surface area contributed by atoms with Crippen molar-refractivity contribution >= 4 is 0 Å². The van der Waals surface area contributed by atoms with E-state index in [1.54, 1.807) is 13.2 Å². The number of ether oxygens (including phenoxy) is 2. The van der Waals surface area contributed by atoms with E-state index in [2.05, 4.69) is 0 Å². The lowest BCUT2D eigenvalue weighted by Gasteiger charge is -2.31. The van der Waals surface area contributed by atoms with Gasteiger partial charge >= 0.3 is 0 Å². The van der Waals surface area contributed by atoms with Crippen molar-refractivity contribution < 1.29 is 14.6 Å². The average Bonchev–Trinajstić information content (AvgIpc) is 2.09. The van der Waals surface area contributed by atoms with Gasteiger partial charge in [-0.1, -0.05) is 13.8 Å². The fraction of sp³-hybridized carbons (Fsp3) is 0.778. The van der Waals surface area contributed by atoms with Gasteiger partial charge in [-0.2, -0.15) is 0 Å². The van der Waals surface area contributed by atoms with Crippen LogP contribution in [0.15, 0.2) is 11.8 Å². The predicted octanol–water partition coefficient (Wildman–Crippen LogP) is 1.28. The minimum Gasteiger partial charge on any atom is -0.469 e. The number of hydrogen-bond acceptors (Lipinski definition) is 3. The molecule has 12 heavy (non-hydrogen) atoms. The SMILES string of the molecule is CCC1=CC(O)C(C)C(OC)O1. The highest BCUT2D eigenvalue weighted by molar-refractivity contribution is 5.03. The molecule has 3 heteroatoms. The Kier molecular flexibility index (Phi) is 3.12. The molecule has 0 saturated carbocycles. The van der Waals surface area contributed by atoms with Crippen LogP contribution in [0.1, 0.15) is 20.3 Å². The van der Waals surface area contributed by atoms with Gasteiger partial charge in [-0.05, 0) is 6.08 Å². The first-order valence-corrected chi connectivity index (χ1v) is 4.27. The number of aliphatic hydroxyl groups is 1. The Morgan fingerprint density at radius 2 is 2.33 bits per heavy atom. The molecule has 1 aliphatic heterocycles. The fourth-order valence-electron chi connectivity index (χ4n) is 1.26. The van der Waals surface area contributed by atoms with E-state index in [1.807, 2.05) is 13.8 Å². The van der Waals surface area contributed by atoms with Gasteiger partial charge in [-0.3, -0.25) is 0 Å². The van der Waals surface area contributed by atoms with E-state index < -0.39 is 6.10 Å². The predicted molar refractivity (Wildman–Crippen MR) is 45.4 cm³/mol. The average molecular weight is 172 g/mol. The van der Waals surface area contributed by atoms with Crippen LogP contribution >= 0.6 is 0 Å². The molecule has 1 N–H and O–H groups in total. The standard InChI is InChI=1S/C9H16O3/c1-4-7-5-8(10)6(2)9(11-3)12-7/h5-6,8-10H,4H2,1-3H3. The van der Waals surface area contributed by atoms with E-state index in [0.29, 0.717) is 0 Å². The Morgan fingerprint density at radius 3 is 2.83 bits per heavy atom. The third-order valence-corrected chi connectivity index (χ3v) is 2.17. The normalized spacial score (nSPS) is 35.7. The first-order chi connectivity index (χ1) is 5.69. The summed E-state index contributed by atoms with van der Waals surface area (Å²) in [5, 5.41) is 9.54. The monoisotopic (exact) mass is 172 g/mol. The molecule has 0 aromatic carbocycles. The van der Waals surface area contributed by atoms with Gasteiger partial charge in [0.05, 0.1) is 11.9 Å². The Hall–Kier alpha value is -0.540. The molecule has 3 nitrogen and oxygen atoms in total. The molecule has 1 rings (SSSR count). The van der Waals surface area contributed by atoms with Crippen molar-refractivity contribution in [1.82, 2.24) is 0 Å². The van der Waals surface area contributed by atoms with Gasteiger partial charge in [0.1, 0.15) is 0 Å². The third kappa shape index (κ3) is 1.79. The van der Waals surface area contributed by atoms with Gasteiger partial charge in [0.2, 0.25) is 6.29 Å². The van der Waals surface area contributed by atoms with Crippen LogP contribution in [0.5, 0.6) is 0 Å². The summed E-state index contributed by atoms with van der Waals surface area (Å²) in [4.78, 5) is 0. The summed E-state index contributed by atoms with van der Waals surface area (Å²) >= 11 is 0. The highest BCUT2D eigenvalue weighted by Crippen LogP contribution is 2.24. The van der Waals surface area contributed by atoms with Gasteiger partial charge in [0.25, 0.3) is 0 Å². The second-order valence-electron chi connectivity index (χ2n) is 3.06. The Labute approximate surface area is 73.0 Å². The lowest BCUT2D eigenvalue weighted by Crippen LogP contribution is -2.35. The van der Waals surface area contributed by atoms with Gasteiger partial charge < -0.3 is 14.6 Å². The van der Waals surface area contributed by atoms with E-state index in [-0.39, 0.29) is 12.2 Å². The molecule has 0 aromatic rings. The van der Waals surface area contributed by atoms with Crippen LogP contribution in [-0.2, 0) is 9.47 Å². The molecule has 0 aromatic heterocycles. The minimum absolute atomic E-state index is 0.00491. The van der Waals surface area contributed by atoms with Crippen LogP contribution < -0.4 is 0 Å². The van der Waals surface area contributed by atoms with Crippen LogP contribution in [0.4, 0.5) is 0 Å². The number of hydrogen-bond donors (Lipinski definition) is 1. The van der Waals surface area contributed by atoms with Crippen molar-refractivity contribution in [3.8, 4) is 0 Å². The Balaban J connectivity index is 2.68. The second-order valence-corrected chi connectivity index (χ2v) is 3.06. The zero-order valence-electron chi connectivity index (χ0n) is 7.78. The van der Waals surface area contributed by atoms with Gasteiger partial charge in [0.15, 0.2) is 0 Å². The highest BCUT2D eigenvalue weighted by Gasteiger charge is 2.29. The van der Waals surface area contributed by atoms with Gasteiger partial charge in [0, 0.05) is 19.4 Å². The Bertz CT molecular complexity index is 177. The second kappa shape index (κ2) is 3.92. The minimum atomic E-state index is -0.446. The number of rotatable bonds is 2. The molecular formula is C9H16O3. The van der Waals surface area contributed by atoms with Crippen molar-refractivity contribution in [2.45, 2.75) is 32.7 Å². The summed E-state index contributed by atoms with van der Waals surface area (Å²) in [6.45, 7) is 3.89. The van der Waals surface area contributed by atoms with Crippen LogP contribution in [0, 0.1) is 5.92 Å². The molecule has 3 atom stereocenters. The lowest BCUT2D eigenvalue weighted by molar-refractivity contribution is -0.157. The molecule has 0 radical (unpaired) electrons. The highest BCUT2D eigenvalue weighted by atomic mass is 16.7. The Morgan fingerprint density at radius 1 is 1.67 bits per heavy atom. The van der Waals surface area contributed by atoms with Crippen LogP contribution in [-0.4, -0.2) is 24.6 Å². The zero-order chi connectivity index (χ0) is 9.14. The first kappa shape index (κ1) is 9.55. The fourth-order valence-corrected chi connectivity index (χ4v) is 1.26. The summed E-state index contributed by atoms with van der Waals surface area (Å²) < 4.78 is 10.5. The first-order valence-electron chi connectivity index (χ1n) is 4.27.